The SMILES string of the molecule is OC[C@H]1O[C@@H](c2ccc3c(c2)Cc2ccc(cc2)OC/C=C/CCCC3)[C@H](O)[C@@H](O)[C@@H]1O. The lowest BCUT2D eigenvalue weighted by atomic mass is 9.88. The van der Waals surface area contributed by atoms with Gasteiger partial charge in [-0.15, -0.1) is 0 Å². The molecule has 3 heterocycles. The first-order chi connectivity index (χ1) is 15.6. The minimum Gasteiger partial charge on any atom is -0.490 e. The van der Waals surface area contributed by atoms with Gasteiger partial charge in [-0.05, 0) is 66.5 Å². The number of rotatable bonds is 2. The van der Waals surface area contributed by atoms with Crippen LogP contribution in [0.4, 0.5) is 0 Å². The summed E-state index contributed by atoms with van der Waals surface area (Å²) in [5.41, 5.74) is 4.26. The summed E-state index contributed by atoms with van der Waals surface area (Å²) >= 11 is 0. The Morgan fingerprint density at radius 1 is 0.844 bits per heavy atom. The second kappa shape index (κ2) is 10.6. The second-order valence-electron chi connectivity index (χ2n) is 8.63. The minimum atomic E-state index is -1.39. The van der Waals surface area contributed by atoms with Gasteiger partial charge in [0.2, 0.25) is 0 Å². The van der Waals surface area contributed by atoms with Crippen molar-refractivity contribution in [1.29, 1.82) is 0 Å². The Kier molecular flexibility index (Phi) is 7.60. The van der Waals surface area contributed by atoms with E-state index in [1.807, 2.05) is 24.3 Å². The Hall–Kier alpha value is -2.22. The Bertz CT molecular complexity index is 907. The molecule has 0 amide bonds. The Labute approximate surface area is 188 Å². The molecule has 172 valence electrons. The fourth-order valence-electron chi connectivity index (χ4n) is 4.44. The fraction of sp³-hybridized carbons (Fsp3) is 0.462. The molecule has 3 aliphatic heterocycles. The van der Waals surface area contributed by atoms with Crippen LogP contribution < -0.4 is 4.74 Å². The first-order valence-electron chi connectivity index (χ1n) is 11.4. The highest BCUT2D eigenvalue weighted by atomic mass is 16.5. The van der Waals surface area contributed by atoms with E-state index >= 15 is 0 Å². The predicted molar refractivity (Wildman–Crippen MR) is 121 cm³/mol. The molecule has 32 heavy (non-hydrogen) atoms. The van der Waals surface area contributed by atoms with Crippen LogP contribution in [0.25, 0.3) is 0 Å². The quantitative estimate of drug-likeness (QED) is 0.536. The number of allylic oxidation sites excluding steroid dienone is 1. The minimum absolute atomic E-state index is 0.435. The van der Waals surface area contributed by atoms with Crippen LogP contribution in [0.1, 0.15) is 47.6 Å². The predicted octanol–water partition coefficient (Wildman–Crippen LogP) is 2.45. The molecule has 2 bridgehead atoms. The van der Waals surface area contributed by atoms with Crippen molar-refractivity contribution in [3.05, 3.63) is 76.9 Å². The monoisotopic (exact) mass is 440 g/mol. The lowest BCUT2D eigenvalue weighted by Crippen LogP contribution is -2.55. The Morgan fingerprint density at radius 2 is 1.66 bits per heavy atom. The number of hydrogen-bond donors (Lipinski definition) is 4. The van der Waals surface area contributed by atoms with Crippen molar-refractivity contribution in [1.82, 2.24) is 0 Å². The third-order valence-electron chi connectivity index (χ3n) is 6.35. The molecule has 2 aromatic carbocycles. The summed E-state index contributed by atoms with van der Waals surface area (Å²) in [5, 5.41) is 40.4. The van der Waals surface area contributed by atoms with Crippen molar-refractivity contribution in [3.63, 3.8) is 0 Å². The average molecular weight is 441 g/mol. The molecule has 5 atom stereocenters. The van der Waals surface area contributed by atoms with Crippen LogP contribution in [-0.4, -0.2) is 58.1 Å². The van der Waals surface area contributed by atoms with Gasteiger partial charge in [-0.3, -0.25) is 0 Å². The first-order valence-corrected chi connectivity index (χ1v) is 11.4. The van der Waals surface area contributed by atoms with Gasteiger partial charge in [0.25, 0.3) is 0 Å². The molecule has 0 spiro atoms. The van der Waals surface area contributed by atoms with E-state index in [-0.39, 0.29) is 0 Å². The summed E-state index contributed by atoms with van der Waals surface area (Å²) in [5.74, 6) is 0.837. The molecule has 5 rings (SSSR count). The first kappa shape index (κ1) is 23.0. The number of aryl methyl sites for hydroxylation is 1. The van der Waals surface area contributed by atoms with E-state index in [2.05, 4.69) is 30.4 Å². The molecular weight excluding hydrogens is 408 g/mol. The maximum atomic E-state index is 10.6. The molecule has 0 radical (unpaired) electrons. The van der Waals surface area contributed by atoms with Crippen molar-refractivity contribution < 1.29 is 29.9 Å². The van der Waals surface area contributed by atoms with Crippen LogP contribution in [0.2, 0.25) is 0 Å². The topological polar surface area (TPSA) is 99.4 Å². The normalized spacial score (nSPS) is 29.9. The second-order valence-corrected chi connectivity index (χ2v) is 8.63. The lowest BCUT2D eigenvalue weighted by Gasteiger charge is -2.40. The zero-order chi connectivity index (χ0) is 22.5. The van der Waals surface area contributed by atoms with Crippen molar-refractivity contribution in [2.24, 2.45) is 0 Å². The van der Waals surface area contributed by atoms with Gasteiger partial charge < -0.3 is 29.9 Å². The highest BCUT2D eigenvalue weighted by Gasteiger charge is 2.44. The molecule has 6 nitrogen and oxygen atoms in total. The highest BCUT2D eigenvalue weighted by Crippen LogP contribution is 2.34. The molecule has 2 aromatic rings. The van der Waals surface area contributed by atoms with Crippen molar-refractivity contribution in [3.8, 4) is 5.75 Å². The van der Waals surface area contributed by atoms with Crippen LogP contribution in [0.3, 0.4) is 0 Å². The van der Waals surface area contributed by atoms with Gasteiger partial charge in [0.05, 0.1) is 6.61 Å². The van der Waals surface area contributed by atoms with E-state index < -0.39 is 37.1 Å². The molecule has 0 aliphatic carbocycles. The van der Waals surface area contributed by atoms with Crippen LogP contribution in [0, 0.1) is 0 Å². The maximum absolute atomic E-state index is 10.6. The highest BCUT2D eigenvalue weighted by molar-refractivity contribution is 5.39. The average Bonchev–Trinajstić information content (AvgIpc) is 2.82. The molecule has 0 unspecified atom stereocenters. The van der Waals surface area contributed by atoms with Gasteiger partial charge in [-0.1, -0.05) is 42.5 Å². The van der Waals surface area contributed by atoms with Crippen molar-refractivity contribution in [2.45, 2.75) is 62.6 Å². The molecular formula is C26H32O6. The third kappa shape index (κ3) is 5.22. The van der Waals surface area contributed by atoms with Crippen LogP contribution in [0.5, 0.6) is 5.75 Å². The van der Waals surface area contributed by atoms with E-state index in [0.717, 1.165) is 54.5 Å². The number of benzene rings is 2. The number of hydrogen-bond acceptors (Lipinski definition) is 6. The summed E-state index contributed by atoms with van der Waals surface area (Å²) < 4.78 is 11.5. The smallest absolute Gasteiger partial charge is 0.119 e. The van der Waals surface area contributed by atoms with Gasteiger partial charge >= 0.3 is 0 Å². The zero-order valence-corrected chi connectivity index (χ0v) is 18.1. The molecule has 0 saturated carbocycles. The maximum Gasteiger partial charge on any atom is 0.119 e. The standard InChI is InChI=1S/C26H32O6/c27-16-22-23(28)24(29)25(30)26(32-22)19-10-9-18-6-4-2-1-3-5-13-31-21-11-7-17(8-12-21)14-20(18)15-19/h3,5,7-12,15,22-30H,1-2,4,6,13-14,16H2/b5-3+/t22-,23-,24+,25-,26+/m1/s1. The van der Waals surface area contributed by atoms with Crippen LogP contribution >= 0.6 is 0 Å². The Balaban J connectivity index is 1.64. The molecule has 6 heteroatoms. The van der Waals surface area contributed by atoms with Crippen LogP contribution in [0.15, 0.2) is 54.6 Å². The fourth-order valence-corrected chi connectivity index (χ4v) is 4.44. The van der Waals surface area contributed by atoms with Gasteiger partial charge in [0.1, 0.15) is 42.9 Å². The third-order valence-corrected chi connectivity index (χ3v) is 6.35. The van der Waals surface area contributed by atoms with Gasteiger partial charge in [0, 0.05) is 0 Å². The van der Waals surface area contributed by atoms with Gasteiger partial charge in [-0.25, -0.2) is 0 Å². The molecule has 0 aromatic heterocycles. The zero-order valence-electron chi connectivity index (χ0n) is 18.1. The number of fused-ring (bicyclic) bond motifs is 8. The molecule has 1 saturated heterocycles. The molecule has 3 aliphatic rings. The number of ether oxygens (including phenoxy) is 2. The van der Waals surface area contributed by atoms with Crippen LogP contribution in [-0.2, 0) is 17.6 Å². The molecule has 1 fully saturated rings. The molecule has 4 N–H and O–H groups in total. The van der Waals surface area contributed by atoms with Gasteiger partial charge in [0.15, 0.2) is 0 Å². The summed E-state index contributed by atoms with van der Waals surface area (Å²) in [7, 11) is 0. The summed E-state index contributed by atoms with van der Waals surface area (Å²) in [6.45, 7) is 0.136. The summed E-state index contributed by atoms with van der Waals surface area (Å²) in [4.78, 5) is 0. The van der Waals surface area contributed by atoms with E-state index in [1.165, 1.54) is 5.56 Å². The van der Waals surface area contributed by atoms with E-state index in [0.29, 0.717) is 6.61 Å². The lowest BCUT2D eigenvalue weighted by molar-refractivity contribution is -0.231. The Morgan fingerprint density at radius 3 is 2.44 bits per heavy atom. The van der Waals surface area contributed by atoms with E-state index in [1.54, 1.807) is 0 Å². The number of aliphatic hydroxyl groups excluding tert-OH is 4. The largest absolute Gasteiger partial charge is 0.490 e. The van der Waals surface area contributed by atoms with Crippen molar-refractivity contribution >= 4 is 0 Å². The number of aliphatic hydroxyl groups is 4. The van der Waals surface area contributed by atoms with Gasteiger partial charge in [-0.2, -0.15) is 0 Å². The summed E-state index contributed by atoms with van der Waals surface area (Å²) in [6.07, 6.45) is 3.30. The van der Waals surface area contributed by atoms with E-state index in [9.17, 15) is 20.4 Å². The van der Waals surface area contributed by atoms with E-state index in [4.69, 9.17) is 9.47 Å². The van der Waals surface area contributed by atoms with Crippen molar-refractivity contribution in [2.75, 3.05) is 13.2 Å². The summed E-state index contributed by atoms with van der Waals surface area (Å²) in [6, 6.07) is 14.1.